The number of aromatic nitrogens is 2. The van der Waals surface area contributed by atoms with Gasteiger partial charge in [0.1, 0.15) is 0 Å². The van der Waals surface area contributed by atoms with E-state index in [4.69, 9.17) is 0 Å². The van der Waals surface area contributed by atoms with Crippen LogP contribution in [0.5, 0.6) is 0 Å². The van der Waals surface area contributed by atoms with Crippen LogP contribution in [0.15, 0.2) is 36.8 Å². The van der Waals surface area contributed by atoms with E-state index in [1.807, 2.05) is 25.6 Å². The number of hydrogen-bond acceptors (Lipinski definition) is 2. The van der Waals surface area contributed by atoms with Gasteiger partial charge in [-0.3, -0.25) is 0 Å². The van der Waals surface area contributed by atoms with E-state index < -0.39 is 0 Å². The molecule has 0 fully saturated rings. The summed E-state index contributed by atoms with van der Waals surface area (Å²) in [5.74, 6) is 0. The number of imidazole rings is 1. The van der Waals surface area contributed by atoms with Crippen molar-refractivity contribution in [2.75, 3.05) is 7.05 Å². The molecule has 0 aliphatic heterocycles. The summed E-state index contributed by atoms with van der Waals surface area (Å²) in [6.07, 6.45) is 3.72. The van der Waals surface area contributed by atoms with Crippen LogP contribution in [0.1, 0.15) is 11.3 Å². The second-order valence-corrected chi connectivity index (χ2v) is 3.56. The molecule has 1 N–H and O–H groups in total. The minimum atomic E-state index is 0.869. The average molecular weight is 201 g/mol. The average Bonchev–Trinajstić information content (AvgIpc) is 2.66. The van der Waals surface area contributed by atoms with E-state index in [0.717, 1.165) is 12.2 Å². The molecule has 1 aromatic carbocycles. The Balaban J connectivity index is 2.48. The fraction of sp³-hybridized carbons (Fsp3) is 0.250. The van der Waals surface area contributed by atoms with E-state index in [0.29, 0.717) is 0 Å². The standard InChI is InChI=1S/C12H15N3/c1-10-7-14-9-15(10)12-6-4-3-5-11(12)8-13-2/h3-7,9,13H,8H2,1-2H3. The summed E-state index contributed by atoms with van der Waals surface area (Å²) in [6.45, 7) is 2.93. The van der Waals surface area contributed by atoms with Crippen molar-refractivity contribution in [1.82, 2.24) is 14.9 Å². The third-order valence-corrected chi connectivity index (χ3v) is 2.44. The fourth-order valence-electron chi connectivity index (χ4n) is 1.70. The van der Waals surface area contributed by atoms with Gasteiger partial charge in [-0.25, -0.2) is 4.98 Å². The summed E-state index contributed by atoms with van der Waals surface area (Å²) in [5, 5.41) is 3.17. The molecule has 3 heteroatoms. The number of benzene rings is 1. The van der Waals surface area contributed by atoms with Crippen LogP contribution in [-0.4, -0.2) is 16.6 Å². The SMILES string of the molecule is CNCc1ccccc1-n1cncc1C. The number of nitrogens with one attached hydrogen (secondary N) is 1. The van der Waals surface area contributed by atoms with E-state index in [9.17, 15) is 0 Å². The molecule has 0 spiro atoms. The van der Waals surface area contributed by atoms with Crippen LogP contribution in [0.2, 0.25) is 0 Å². The van der Waals surface area contributed by atoms with Crippen LogP contribution in [0, 0.1) is 6.92 Å². The monoisotopic (exact) mass is 201 g/mol. The van der Waals surface area contributed by atoms with Crippen molar-refractivity contribution < 1.29 is 0 Å². The van der Waals surface area contributed by atoms with Crippen LogP contribution >= 0.6 is 0 Å². The molecule has 0 aliphatic rings. The molecule has 1 aromatic heterocycles. The number of hydrogen-bond donors (Lipinski definition) is 1. The smallest absolute Gasteiger partial charge is 0.0994 e. The zero-order valence-electron chi connectivity index (χ0n) is 9.07. The summed E-state index contributed by atoms with van der Waals surface area (Å²) >= 11 is 0. The molecule has 0 amide bonds. The Morgan fingerprint density at radius 1 is 1.33 bits per heavy atom. The van der Waals surface area contributed by atoms with Crippen LogP contribution in [0.4, 0.5) is 0 Å². The van der Waals surface area contributed by atoms with Crippen molar-refractivity contribution in [2.24, 2.45) is 0 Å². The molecule has 0 unspecified atom stereocenters. The largest absolute Gasteiger partial charge is 0.316 e. The Labute approximate surface area is 89.8 Å². The van der Waals surface area contributed by atoms with E-state index in [1.54, 1.807) is 0 Å². The van der Waals surface area contributed by atoms with Crippen molar-refractivity contribution in [3.8, 4) is 5.69 Å². The Hall–Kier alpha value is -1.61. The molecule has 1 heterocycles. The van der Waals surface area contributed by atoms with Crippen molar-refractivity contribution in [3.63, 3.8) is 0 Å². The van der Waals surface area contributed by atoms with Gasteiger partial charge in [0.25, 0.3) is 0 Å². The lowest BCUT2D eigenvalue weighted by atomic mass is 10.1. The van der Waals surface area contributed by atoms with Crippen molar-refractivity contribution in [1.29, 1.82) is 0 Å². The molecule has 0 bridgehead atoms. The quantitative estimate of drug-likeness (QED) is 0.822. The lowest BCUT2D eigenvalue weighted by Gasteiger charge is -2.11. The van der Waals surface area contributed by atoms with Gasteiger partial charge in [-0.2, -0.15) is 0 Å². The second kappa shape index (κ2) is 4.28. The molecule has 2 rings (SSSR count). The molecule has 0 radical (unpaired) electrons. The number of aryl methyl sites for hydroxylation is 1. The van der Waals surface area contributed by atoms with Gasteiger partial charge in [-0.05, 0) is 25.6 Å². The predicted octanol–water partition coefficient (Wildman–Crippen LogP) is 1.90. The highest BCUT2D eigenvalue weighted by Crippen LogP contribution is 2.15. The second-order valence-electron chi connectivity index (χ2n) is 3.56. The minimum Gasteiger partial charge on any atom is -0.316 e. The lowest BCUT2D eigenvalue weighted by Crippen LogP contribution is -2.09. The highest BCUT2D eigenvalue weighted by Gasteiger charge is 2.04. The van der Waals surface area contributed by atoms with Crippen molar-refractivity contribution in [3.05, 3.63) is 48.0 Å². The summed E-state index contributed by atoms with van der Waals surface area (Å²) < 4.78 is 2.10. The molecule has 78 valence electrons. The summed E-state index contributed by atoms with van der Waals surface area (Å²) in [4.78, 5) is 4.14. The van der Waals surface area contributed by atoms with Gasteiger partial charge in [-0.15, -0.1) is 0 Å². The number of rotatable bonds is 3. The zero-order valence-corrected chi connectivity index (χ0v) is 9.07. The highest BCUT2D eigenvalue weighted by atomic mass is 15.0. The topological polar surface area (TPSA) is 29.9 Å². The molecule has 0 saturated heterocycles. The van der Waals surface area contributed by atoms with Gasteiger partial charge >= 0.3 is 0 Å². The van der Waals surface area contributed by atoms with Gasteiger partial charge in [0.05, 0.1) is 12.0 Å². The highest BCUT2D eigenvalue weighted by molar-refractivity contribution is 5.42. The first kappa shape index (κ1) is 9.93. The predicted molar refractivity (Wildman–Crippen MR) is 61.1 cm³/mol. The Bertz CT molecular complexity index is 446. The van der Waals surface area contributed by atoms with Gasteiger partial charge in [0, 0.05) is 18.4 Å². The maximum Gasteiger partial charge on any atom is 0.0994 e. The normalized spacial score (nSPS) is 10.5. The molecule has 15 heavy (non-hydrogen) atoms. The first-order chi connectivity index (χ1) is 7.33. The van der Waals surface area contributed by atoms with E-state index in [-0.39, 0.29) is 0 Å². The first-order valence-corrected chi connectivity index (χ1v) is 5.04. The molecular formula is C12H15N3. The first-order valence-electron chi connectivity index (χ1n) is 5.04. The van der Waals surface area contributed by atoms with E-state index in [1.165, 1.54) is 11.3 Å². The molecule has 0 aliphatic carbocycles. The van der Waals surface area contributed by atoms with E-state index in [2.05, 4.69) is 40.0 Å². The Morgan fingerprint density at radius 2 is 2.13 bits per heavy atom. The van der Waals surface area contributed by atoms with Crippen molar-refractivity contribution >= 4 is 0 Å². The fourth-order valence-corrected chi connectivity index (χ4v) is 1.70. The van der Waals surface area contributed by atoms with E-state index >= 15 is 0 Å². The van der Waals surface area contributed by atoms with Crippen LogP contribution in [0.25, 0.3) is 5.69 Å². The number of nitrogens with zero attached hydrogens (tertiary/aromatic N) is 2. The molecule has 2 aromatic rings. The lowest BCUT2D eigenvalue weighted by molar-refractivity contribution is 0.805. The Kier molecular flexibility index (Phi) is 2.83. The maximum absolute atomic E-state index is 4.14. The molecular weight excluding hydrogens is 186 g/mol. The van der Waals surface area contributed by atoms with Gasteiger partial charge in [-0.1, -0.05) is 18.2 Å². The maximum atomic E-state index is 4.14. The third kappa shape index (κ3) is 1.92. The van der Waals surface area contributed by atoms with Crippen LogP contribution < -0.4 is 5.32 Å². The van der Waals surface area contributed by atoms with Gasteiger partial charge < -0.3 is 9.88 Å². The Morgan fingerprint density at radius 3 is 2.80 bits per heavy atom. The van der Waals surface area contributed by atoms with Crippen molar-refractivity contribution in [2.45, 2.75) is 13.5 Å². The van der Waals surface area contributed by atoms with Gasteiger partial charge in [0.2, 0.25) is 0 Å². The zero-order chi connectivity index (χ0) is 10.7. The van der Waals surface area contributed by atoms with Crippen LogP contribution in [-0.2, 0) is 6.54 Å². The minimum absolute atomic E-state index is 0.869. The third-order valence-electron chi connectivity index (χ3n) is 2.44. The summed E-state index contributed by atoms with van der Waals surface area (Å²) in [5.41, 5.74) is 3.63. The van der Waals surface area contributed by atoms with Gasteiger partial charge in [0.15, 0.2) is 0 Å². The summed E-state index contributed by atoms with van der Waals surface area (Å²) in [7, 11) is 1.96. The molecule has 0 atom stereocenters. The number of para-hydroxylation sites is 1. The molecule has 0 saturated carbocycles. The summed E-state index contributed by atoms with van der Waals surface area (Å²) in [6, 6.07) is 8.35. The van der Waals surface area contributed by atoms with Crippen LogP contribution in [0.3, 0.4) is 0 Å². The molecule has 3 nitrogen and oxygen atoms in total.